The number of likely N-dealkylation sites (tertiary alicyclic amines) is 1. The second-order valence-corrected chi connectivity index (χ2v) is 5.74. The van der Waals surface area contributed by atoms with Crippen LogP contribution in [0.1, 0.15) is 12.8 Å². The molecule has 0 saturated carbocycles. The molecular formula is C16H21ClN2O4. The average Bonchev–Trinajstić information content (AvgIpc) is 2.99. The Morgan fingerprint density at radius 1 is 1.43 bits per heavy atom. The normalized spacial score (nSPS) is 17.7. The van der Waals surface area contributed by atoms with Gasteiger partial charge in [-0.15, -0.1) is 0 Å². The Morgan fingerprint density at radius 2 is 2.26 bits per heavy atom. The van der Waals surface area contributed by atoms with Crippen molar-refractivity contribution in [3.05, 3.63) is 29.3 Å². The Kier molecular flexibility index (Phi) is 6.67. The van der Waals surface area contributed by atoms with Gasteiger partial charge >= 0.3 is 5.97 Å². The highest BCUT2D eigenvalue weighted by molar-refractivity contribution is 6.30. The smallest absolute Gasteiger partial charge is 0.323 e. The highest BCUT2D eigenvalue weighted by Gasteiger charge is 2.32. The van der Waals surface area contributed by atoms with Crippen LogP contribution in [0.2, 0.25) is 5.02 Å². The molecule has 1 aromatic carbocycles. The van der Waals surface area contributed by atoms with E-state index in [-0.39, 0.29) is 24.5 Å². The zero-order valence-electron chi connectivity index (χ0n) is 13.1. The quantitative estimate of drug-likeness (QED) is 0.601. The SMILES string of the molecule is COC(=O)C1CCCN1CC(=O)NCCOc1cccc(Cl)c1. The first-order chi connectivity index (χ1) is 11.1. The van der Waals surface area contributed by atoms with Gasteiger partial charge < -0.3 is 14.8 Å². The van der Waals surface area contributed by atoms with Gasteiger partial charge in [0.15, 0.2) is 0 Å². The van der Waals surface area contributed by atoms with E-state index in [4.69, 9.17) is 21.1 Å². The van der Waals surface area contributed by atoms with E-state index in [1.54, 1.807) is 24.3 Å². The van der Waals surface area contributed by atoms with E-state index >= 15 is 0 Å². The number of ether oxygens (including phenoxy) is 2. The Hall–Kier alpha value is -1.79. The molecule has 0 aromatic heterocycles. The number of hydrogen-bond acceptors (Lipinski definition) is 5. The fourth-order valence-electron chi connectivity index (χ4n) is 2.57. The molecule has 1 amide bonds. The van der Waals surface area contributed by atoms with Crippen molar-refractivity contribution < 1.29 is 19.1 Å². The topological polar surface area (TPSA) is 67.9 Å². The van der Waals surface area contributed by atoms with Gasteiger partial charge in [0.1, 0.15) is 18.4 Å². The maximum atomic E-state index is 11.9. The molecule has 6 nitrogen and oxygen atoms in total. The molecular weight excluding hydrogens is 320 g/mol. The van der Waals surface area contributed by atoms with Crippen molar-refractivity contribution in [2.45, 2.75) is 18.9 Å². The van der Waals surface area contributed by atoms with E-state index in [1.807, 2.05) is 4.90 Å². The van der Waals surface area contributed by atoms with Crippen LogP contribution in [0, 0.1) is 0 Å². The zero-order chi connectivity index (χ0) is 16.7. The summed E-state index contributed by atoms with van der Waals surface area (Å²) in [5, 5.41) is 3.39. The molecule has 0 radical (unpaired) electrons. The predicted octanol–water partition coefficient (Wildman–Crippen LogP) is 1.47. The Balaban J connectivity index is 1.68. The number of amides is 1. The predicted molar refractivity (Wildman–Crippen MR) is 86.6 cm³/mol. The molecule has 126 valence electrons. The van der Waals surface area contributed by atoms with Crippen LogP contribution in [0.4, 0.5) is 0 Å². The van der Waals surface area contributed by atoms with Crippen LogP contribution >= 0.6 is 11.6 Å². The zero-order valence-corrected chi connectivity index (χ0v) is 13.8. The van der Waals surface area contributed by atoms with Crippen LogP contribution in [0.5, 0.6) is 5.75 Å². The fourth-order valence-corrected chi connectivity index (χ4v) is 2.76. The molecule has 1 heterocycles. The molecule has 1 aliphatic rings. The fraction of sp³-hybridized carbons (Fsp3) is 0.500. The molecule has 1 aromatic rings. The lowest BCUT2D eigenvalue weighted by Crippen LogP contribution is -2.44. The summed E-state index contributed by atoms with van der Waals surface area (Å²) in [6.45, 7) is 1.66. The van der Waals surface area contributed by atoms with Crippen molar-refractivity contribution in [1.29, 1.82) is 0 Å². The number of rotatable bonds is 7. The van der Waals surface area contributed by atoms with Crippen LogP contribution < -0.4 is 10.1 Å². The van der Waals surface area contributed by atoms with Gasteiger partial charge in [-0.1, -0.05) is 17.7 Å². The molecule has 1 N–H and O–H groups in total. The number of hydrogen-bond donors (Lipinski definition) is 1. The highest BCUT2D eigenvalue weighted by atomic mass is 35.5. The summed E-state index contributed by atoms with van der Waals surface area (Å²) in [4.78, 5) is 25.4. The largest absolute Gasteiger partial charge is 0.492 e. The molecule has 1 saturated heterocycles. The number of benzene rings is 1. The Bertz CT molecular complexity index is 553. The number of nitrogens with one attached hydrogen (secondary N) is 1. The number of carbonyl (C=O) groups excluding carboxylic acids is 2. The third-order valence-corrected chi connectivity index (χ3v) is 3.91. The number of halogens is 1. The van der Waals surface area contributed by atoms with Gasteiger partial charge in [-0.2, -0.15) is 0 Å². The lowest BCUT2D eigenvalue weighted by molar-refractivity contribution is -0.146. The molecule has 1 unspecified atom stereocenters. The van der Waals surface area contributed by atoms with Gasteiger partial charge in [0, 0.05) is 5.02 Å². The van der Waals surface area contributed by atoms with E-state index in [0.717, 1.165) is 19.4 Å². The van der Waals surface area contributed by atoms with Crippen molar-refractivity contribution in [2.24, 2.45) is 0 Å². The minimum atomic E-state index is -0.312. The van der Waals surface area contributed by atoms with Gasteiger partial charge in [0.2, 0.25) is 5.91 Å². The molecule has 0 bridgehead atoms. The lowest BCUT2D eigenvalue weighted by atomic mass is 10.2. The minimum Gasteiger partial charge on any atom is -0.492 e. The van der Waals surface area contributed by atoms with E-state index in [1.165, 1.54) is 7.11 Å². The second-order valence-electron chi connectivity index (χ2n) is 5.31. The monoisotopic (exact) mass is 340 g/mol. The van der Waals surface area contributed by atoms with Crippen molar-refractivity contribution in [3.8, 4) is 5.75 Å². The summed E-state index contributed by atoms with van der Waals surface area (Å²) in [5.74, 6) is 0.257. The lowest BCUT2D eigenvalue weighted by Gasteiger charge is -2.21. The summed E-state index contributed by atoms with van der Waals surface area (Å²) in [5.41, 5.74) is 0. The summed E-state index contributed by atoms with van der Waals surface area (Å²) < 4.78 is 10.3. The van der Waals surface area contributed by atoms with Crippen LogP contribution in [-0.4, -0.2) is 56.2 Å². The molecule has 0 aliphatic carbocycles. The van der Waals surface area contributed by atoms with Crippen molar-refractivity contribution in [2.75, 3.05) is 33.4 Å². The first-order valence-electron chi connectivity index (χ1n) is 7.57. The number of methoxy groups -OCH3 is 1. The molecule has 1 fully saturated rings. The van der Waals surface area contributed by atoms with Crippen molar-refractivity contribution >= 4 is 23.5 Å². The molecule has 1 aliphatic heterocycles. The number of esters is 1. The standard InChI is InChI=1S/C16H21ClN2O4/c1-22-16(21)14-6-3-8-19(14)11-15(20)18-7-9-23-13-5-2-4-12(17)10-13/h2,4-5,10,14H,3,6-9,11H2,1H3,(H,18,20). The van der Waals surface area contributed by atoms with Gasteiger partial charge in [0.25, 0.3) is 0 Å². The Labute approximate surface area is 140 Å². The van der Waals surface area contributed by atoms with Crippen LogP contribution in [0.15, 0.2) is 24.3 Å². The summed E-state index contributed by atoms with van der Waals surface area (Å²) in [6.07, 6.45) is 1.63. The van der Waals surface area contributed by atoms with Crippen LogP contribution in [0.25, 0.3) is 0 Å². The molecule has 7 heteroatoms. The van der Waals surface area contributed by atoms with E-state index in [2.05, 4.69) is 5.32 Å². The van der Waals surface area contributed by atoms with E-state index < -0.39 is 0 Å². The summed E-state index contributed by atoms with van der Waals surface area (Å²) in [7, 11) is 1.37. The van der Waals surface area contributed by atoms with Crippen molar-refractivity contribution in [1.82, 2.24) is 10.2 Å². The van der Waals surface area contributed by atoms with Gasteiger partial charge in [-0.3, -0.25) is 14.5 Å². The molecule has 23 heavy (non-hydrogen) atoms. The minimum absolute atomic E-state index is 0.129. The molecule has 2 rings (SSSR count). The highest BCUT2D eigenvalue weighted by Crippen LogP contribution is 2.18. The van der Waals surface area contributed by atoms with Crippen molar-refractivity contribution in [3.63, 3.8) is 0 Å². The van der Waals surface area contributed by atoms with Gasteiger partial charge in [-0.25, -0.2) is 0 Å². The summed E-state index contributed by atoms with van der Waals surface area (Å²) >= 11 is 5.86. The Morgan fingerprint density at radius 3 is 3.00 bits per heavy atom. The van der Waals surface area contributed by atoms with Gasteiger partial charge in [-0.05, 0) is 37.6 Å². The first-order valence-corrected chi connectivity index (χ1v) is 7.95. The van der Waals surface area contributed by atoms with E-state index in [0.29, 0.717) is 23.9 Å². The third kappa shape index (κ3) is 5.41. The maximum Gasteiger partial charge on any atom is 0.323 e. The average molecular weight is 341 g/mol. The molecule has 0 spiro atoms. The van der Waals surface area contributed by atoms with Crippen LogP contribution in [0.3, 0.4) is 0 Å². The van der Waals surface area contributed by atoms with Crippen LogP contribution in [-0.2, 0) is 14.3 Å². The van der Waals surface area contributed by atoms with E-state index in [9.17, 15) is 9.59 Å². The maximum absolute atomic E-state index is 11.9. The summed E-state index contributed by atoms with van der Waals surface area (Å²) in [6, 6.07) is 6.78. The number of carbonyl (C=O) groups is 2. The second kappa shape index (κ2) is 8.74. The van der Waals surface area contributed by atoms with Gasteiger partial charge in [0.05, 0.1) is 20.2 Å². The number of nitrogens with zero attached hydrogens (tertiary/aromatic N) is 1. The first kappa shape index (κ1) is 17.6. The molecule has 1 atom stereocenters. The third-order valence-electron chi connectivity index (χ3n) is 3.67.